The molecular formula is C18H17NO7. The quantitative estimate of drug-likeness (QED) is 0.339. The topological polar surface area (TPSA) is 100 Å². The molecule has 8 nitrogen and oxygen atoms in total. The van der Waals surface area contributed by atoms with Crippen molar-refractivity contribution in [3.8, 4) is 30.4 Å². The molecule has 0 spiro atoms. The Morgan fingerprint density at radius 1 is 1.08 bits per heavy atom. The highest BCUT2D eigenvalue weighted by Gasteiger charge is 2.22. The molecule has 0 heterocycles. The van der Waals surface area contributed by atoms with E-state index in [1.165, 1.54) is 19.2 Å². The first kappa shape index (κ1) is 20.4. The summed E-state index contributed by atoms with van der Waals surface area (Å²) in [6.45, 7) is -0.416. The van der Waals surface area contributed by atoms with Gasteiger partial charge < -0.3 is 24.3 Å². The van der Waals surface area contributed by atoms with Crippen LogP contribution in [0.1, 0.15) is 5.56 Å². The van der Waals surface area contributed by atoms with Crippen molar-refractivity contribution >= 4 is 18.2 Å². The van der Waals surface area contributed by atoms with Gasteiger partial charge in [-0.1, -0.05) is 24.0 Å². The van der Waals surface area contributed by atoms with Gasteiger partial charge in [0.25, 0.3) is 0 Å². The molecule has 1 atom stereocenters. The Labute approximate surface area is 150 Å². The number of methoxy groups -OCH3 is 1. The SMILES string of the molecule is C#CCOC(=O)NC(Cc1ccc(OC(=O)OCC#C)cc1)C(=O)OC. The molecule has 0 saturated carbocycles. The fourth-order valence-electron chi connectivity index (χ4n) is 1.78. The number of benzene rings is 1. The molecule has 1 aromatic carbocycles. The fourth-order valence-corrected chi connectivity index (χ4v) is 1.78. The number of carbonyl (C=O) groups excluding carboxylic acids is 3. The Hall–Kier alpha value is -3.65. The average molecular weight is 359 g/mol. The Morgan fingerprint density at radius 2 is 1.69 bits per heavy atom. The van der Waals surface area contributed by atoms with Crippen LogP contribution < -0.4 is 10.1 Å². The van der Waals surface area contributed by atoms with Gasteiger partial charge in [0.2, 0.25) is 0 Å². The number of hydrogen-bond acceptors (Lipinski definition) is 7. The minimum absolute atomic E-state index is 0.125. The Morgan fingerprint density at radius 3 is 2.27 bits per heavy atom. The molecule has 1 N–H and O–H groups in total. The molecule has 0 fully saturated rings. The van der Waals surface area contributed by atoms with Crippen LogP contribution in [0.15, 0.2) is 24.3 Å². The highest BCUT2D eigenvalue weighted by atomic mass is 16.7. The predicted molar refractivity (Wildman–Crippen MR) is 90.1 cm³/mol. The zero-order chi connectivity index (χ0) is 19.4. The molecule has 26 heavy (non-hydrogen) atoms. The molecule has 0 radical (unpaired) electrons. The van der Waals surface area contributed by atoms with Gasteiger partial charge in [0.05, 0.1) is 7.11 Å². The van der Waals surface area contributed by atoms with Crippen molar-refractivity contribution in [2.45, 2.75) is 12.5 Å². The number of hydrogen-bond donors (Lipinski definition) is 1. The molecule has 0 saturated heterocycles. The smallest absolute Gasteiger partial charge is 0.467 e. The first-order chi connectivity index (χ1) is 12.5. The standard InChI is InChI=1S/C18H17NO7/c1-4-10-24-17(21)19-15(16(20)23-3)12-13-6-8-14(9-7-13)26-18(22)25-11-5-2/h1-2,6-9,15H,10-12H2,3H3,(H,19,21). The molecule has 1 unspecified atom stereocenters. The highest BCUT2D eigenvalue weighted by Crippen LogP contribution is 2.14. The number of nitrogens with one attached hydrogen (secondary N) is 1. The van der Waals surface area contributed by atoms with E-state index in [0.29, 0.717) is 5.56 Å². The number of esters is 1. The Balaban J connectivity index is 2.69. The second-order valence-electron chi connectivity index (χ2n) is 4.69. The largest absolute Gasteiger partial charge is 0.514 e. The second-order valence-corrected chi connectivity index (χ2v) is 4.69. The Bertz CT molecular complexity index is 713. The maximum Gasteiger partial charge on any atom is 0.514 e. The van der Waals surface area contributed by atoms with Gasteiger partial charge in [-0.25, -0.2) is 14.4 Å². The number of carbonyl (C=O) groups is 3. The van der Waals surface area contributed by atoms with Crippen LogP contribution in [0, 0.1) is 24.7 Å². The van der Waals surface area contributed by atoms with E-state index in [1.807, 2.05) is 0 Å². The zero-order valence-electron chi connectivity index (χ0n) is 14.0. The fraction of sp³-hybridized carbons (Fsp3) is 0.278. The van der Waals surface area contributed by atoms with Gasteiger partial charge in [-0.2, -0.15) is 0 Å². The van der Waals surface area contributed by atoms with Gasteiger partial charge in [0, 0.05) is 6.42 Å². The Kier molecular flexibility index (Phi) is 8.63. The third-order valence-corrected chi connectivity index (χ3v) is 2.90. The van der Waals surface area contributed by atoms with Crippen LogP contribution in [0.25, 0.3) is 0 Å². The van der Waals surface area contributed by atoms with Crippen LogP contribution in [-0.4, -0.2) is 44.6 Å². The van der Waals surface area contributed by atoms with E-state index in [1.54, 1.807) is 12.1 Å². The van der Waals surface area contributed by atoms with Gasteiger partial charge in [0.1, 0.15) is 11.8 Å². The van der Waals surface area contributed by atoms with Gasteiger partial charge in [-0.15, -0.1) is 12.8 Å². The first-order valence-corrected chi connectivity index (χ1v) is 7.31. The van der Waals surface area contributed by atoms with Crippen LogP contribution in [-0.2, 0) is 25.4 Å². The lowest BCUT2D eigenvalue weighted by molar-refractivity contribution is -0.142. The summed E-state index contributed by atoms with van der Waals surface area (Å²) in [6.07, 6.45) is 8.31. The van der Waals surface area contributed by atoms with E-state index in [9.17, 15) is 14.4 Å². The van der Waals surface area contributed by atoms with Crippen LogP contribution in [0.3, 0.4) is 0 Å². The molecule has 0 aliphatic heterocycles. The van der Waals surface area contributed by atoms with E-state index < -0.39 is 24.3 Å². The zero-order valence-corrected chi connectivity index (χ0v) is 14.0. The third-order valence-electron chi connectivity index (χ3n) is 2.90. The molecule has 1 rings (SSSR count). The summed E-state index contributed by atoms with van der Waals surface area (Å²) in [7, 11) is 1.20. The van der Waals surface area contributed by atoms with Crippen molar-refractivity contribution in [2.75, 3.05) is 20.3 Å². The van der Waals surface area contributed by atoms with E-state index in [-0.39, 0.29) is 25.4 Å². The molecule has 0 aliphatic carbocycles. The van der Waals surface area contributed by atoms with Gasteiger partial charge in [-0.3, -0.25) is 0 Å². The summed E-state index contributed by atoms with van der Waals surface area (Å²) in [5.74, 6) is 3.85. The van der Waals surface area contributed by atoms with Gasteiger partial charge >= 0.3 is 18.2 Å². The predicted octanol–water partition coefficient (Wildman–Crippen LogP) is 1.28. The summed E-state index contributed by atoms with van der Waals surface area (Å²) >= 11 is 0. The maximum absolute atomic E-state index is 11.8. The lowest BCUT2D eigenvalue weighted by atomic mass is 10.1. The molecule has 0 bridgehead atoms. The van der Waals surface area contributed by atoms with Crippen molar-refractivity contribution in [1.29, 1.82) is 0 Å². The van der Waals surface area contributed by atoms with Gasteiger partial charge in [-0.05, 0) is 17.7 Å². The van der Waals surface area contributed by atoms with Crippen molar-refractivity contribution in [1.82, 2.24) is 5.32 Å². The molecule has 136 valence electrons. The van der Waals surface area contributed by atoms with Gasteiger partial charge in [0.15, 0.2) is 13.2 Å². The minimum Gasteiger partial charge on any atom is -0.467 e. The average Bonchev–Trinajstić information content (AvgIpc) is 2.65. The molecule has 1 amide bonds. The number of rotatable bonds is 7. The van der Waals surface area contributed by atoms with Crippen molar-refractivity contribution in [2.24, 2.45) is 0 Å². The van der Waals surface area contributed by atoms with Crippen LogP contribution in [0.5, 0.6) is 5.75 Å². The lowest BCUT2D eigenvalue weighted by Crippen LogP contribution is -2.43. The van der Waals surface area contributed by atoms with Crippen LogP contribution in [0.4, 0.5) is 9.59 Å². The van der Waals surface area contributed by atoms with Crippen molar-refractivity contribution in [3.63, 3.8) is 0 Å². The molecular weight excluding hydrogens is 342 g/mol. The summed E-state index contributed by atoms with van der Waals surface area (Å²) in [5.41, 5.74) is 0.669. The monoisotopic (exact) mass is 359 g/mol. The second kappa shape index (κ2) is 11.0. The van der Waals surface area contributed by atoms with E-state index in [4.69, 9.17) is 17.6 Å². The number of ether oxygens (including phenoxy) is 4. The maximum atomic E-state index is 11.8. The minimum atomic E-state index is -0.974. The number of amides is 1. The van der Waals surface area contributed by atoms with E-state index in [0.717, 1.165) is 0 Å². The third kappa shape index (κ3) is 7.28. The summed E-state index contributed by atoms with van der Waals surface area (Å²) in [6, 6.07) is 5.23. The van der Waals surface area contributed by atoms with E-state index >= 15 is 0 Å². The van der Waals surface area contributed by atoms with Crippen LogP contribution in [0.2, 0.25) is 0 Å². The summed E-state index contributed by atoms with van der Waals surface area (Å²) in [4.78, 5) is 34.7. The summed E-state index contributed by atoms with van der Waals surface area (Å²) < 4.78 is 18.8. The molecule has 0 aliphatic rings. The van der Waals surface area contributed by atoms with Crippen molar-refractivity contribution in [3.05, 3.63) is 29.8 Å². The van der Waals surface area contributed by atoms with Crippen LogP contribution >= 0.6 is 0 Å². The normalized spacial score (nSPS) is 10.4. The highest BCUT2D eigenvalue weighted by molar-refractivity contribution is 5.81. The first-order valence-electron chi connectivity index (χ1n) is 7.31. The number of alkyl carbamates (subject to hydrolysis) is 1. The molecule has 0 aromatic heterocycles. The lowest BCUT2D eigenvalue weighted by Gasteiger charge is -2.16. The number of terminal acetylenes is 2. The van der Waals surface area contributed by atoms with E-state index in [2.05, 4.69) is 31.4 Å². The molecule has 1 aromatic rings. The van der Waals surface area contributed by atoms with Crippen molar-refractivity contribution < 1.29 is 33.3 Å². The molecule has 8 heteroatoms. The summed E-state index contributed by atoms with van der Waals surface area (Å²) in [5, 5.41) is 2.37.